The van der Waals surface area contributed by atoms with E-state index in [2.05, 4.69) is 9.80 Å². The Morgan fingerprint density at radius 1 is 0.436 bits per heavy atom. The average Bonchev–Trinajstić information content (AvgIpc) is 3.92. The molecule has 9 heterocycles. The van der Waals surface area contributed by atoms with Crippen molar-refractivity contribution in [3.8, 4) is 0 Å². The normalized spacial score (nSPS) is 17.3. The van der Waals surface area contributed by atoms with Crippen molar-refractivity contribution in [1.82, 2.24) is 49.7 Å². The Morgan fingerprint density at radius 3 is 0.909 bits per heavy atom. The van der Waals surface area contributed by atoms with Crippen LogP contribution in [0, 0.1) is 0 Å². The van der Waals surface area contributed by atoms with Crippen LogP contribution >= 0.6 is 94.1 Å². The molecule has 12 nitrogen and oxygen atoms in total. The number of rotatable bonds is 6. The number of hydrogen-bond donors (Lipinski definition) is 0. The van der Waals surface area contributed by atoms with Crippen LogP contribution in [0.4, 0.5) is 0 Å². The van der Waals surface area contributed by atoms with E-state index in [4.69, 9.17) is 51.3 Å². The fourth-order valence-corrected chi connectivity index (χ4v) is 14.9. The predicted octanol–water partition coefficient (Wildman–Crippen LogP) is 8.14. The standard InChI is InChI=1S/C24H16N8S8.2C5H13N2.Co/c1-2-34-10-9(33-1)17-25-18(10)30-20-13-14(38-6-5-37-13)22(27-20)32-24-16-15(39-7-8-40-16)23(28-24)31-21-12-11(19(26-21)29-17)35-3-4-36-12;2*1-7(2)5-3-4-6;/h1-8H2;2*6H,3-5H2,1-2H3;/q-2;2*-1;+2. The van der Waals surface area contributed by atoms with Gasteiger partial charge >= 0.3 is 16.8 Å². The first kappa shape index (κ1) is 44.0. The third-order valence-electron chi connectivity index (χ3n) is 8.01. The van der Waals surface area contributed by atoms with Crippen molar-refractivity contribution in [2.24, 2.45) is 0 Å². The molecule has 6 aliphatic rings. The van der Waals surface area contributed by atoms with Crippen LogP contribution in [0.3, 0.4) is 0 Å². The number of aromatic nitrogens is 8. The van der Waals surface area contributed by atoms with Crippen molar-refractivity contribution in [1.29, 1.82) is 0 Å². The van der Waals surface area contributed by atoms with Gasteiger partial charge in [-0.15, -0.1) is 107 Å². The zero-order chi connectivity index (χ0) is 37.6. The summed E-state index contributed by atoms with van der Waals surface area (Å²) in [5, 5.41) is 0. The molecule has 3 aromatic rings. The average molecular weight is 934 g/mol. The monoisotopic (exact) mass is 933 g/mol. The quantitative estimate of drug-likeness (QED) is 0.233. The second kappa shape index (κ2) is 21.1. The van der Waals surface area contributed by atoms with Crippen LogP contribution in [0.5, 0.6) is 0 Å². The van der Waals surface area contributed by atoms with E-state index >= 15 is 0 Å². The second-order valence-electron chi connectivity index (χ2n) is 12.7. The summed E-state index contributed by atoms with van der Waals surface area (Å²) in [5.74, 6) is 11.0. The van der Waals surface area contributed by atoms with Gasteiger partial charge < -0.3 is 51.2 Å². The largest absolute Gasteiger partial charge is 2.00 e. The van der Waals surface area contributed by atoms with Crippen molar-refractivity contribution >= 4 is 136 Å². The molecule has 0 saturated carbocycles. The summed E-state index contributed by atoms with van der Waals surface area (Å²) in [5.41, 5.74) is 16.3. The molecule has 0 amide bonds. The van der Waals surface area contributed by atoms with Crippen LogP contribution in [0.2, 0.25) is 0 Å². The summed E-state index contributed by atoms with van der Waals surface area (Å²) in [7, 11) is 8.09. The van der Waals surface area contributed by atoms with Gasteiger partial charge in [0.05, 0.1) is 42.9 Å². The van der Waals surface area contributed by atoms with Crippen molar-refractivity contribution in [2.45, 2.75) is 32.4 Å². The fraction of sp³-hybridized carbons (Fsp3) is 0.529. The van der Waals surface area contributed by atoms with Gasteiger partial charge in [-0.3, -0.25) is 0 Å². The minimum Gasteiger partial charge on any atom is -0.677 e. The van der Waals surface area contributed by atoms with E-state index in [1.165, 1.54) is 0 Å². The molecule has 0 unspecified atom stereocenters. The van der Waals surface area contributed by atoms with Crippen molar-refractivity contribution < 1.29 is 16.8 Å². The molecule has 8 bridgehead atoms. The SMILES string of the molecule is C1CSC2=C(S1)c1nc2nc2[n-]c(nc3nc(nc4[n-]c(n1)c1c4SCCS1)C1=C3SCCS1)c1c2SCCS1.CN(C)CCC[NH-].CN(C)CCC[NH-].[Co+2]. The molecule has 21 heteroatoms. The molecular weight excluding hydrogens is 892 g/mol. The fourth-order valence-electron chi connectivity index (χ4n) is 5.61. The van der Waals surface area contributed by atoms with E-state index in [0.717, 1.165) is 111 Å². The number of nitrogens with one attached hydrogen (secondary N) is 2. The molecule has 2 N–H and O–H groups in total. The van der Waals surface area contributed by atoms with Crippen LogP contribution in [0.15, 0.2) is 19.6 Å². The Balaban J connectivity index is 0.000000296. The van der Waals surface area contributed by atoms with Gasteiger partial charge in [-0.25, -0.2) is 9.97 Å². The van der Waals surface area contributed by atoms with Crippen LogP contribution in [0.25, 0.3) is 53.7 Å². The van der Waals surface area contributed by atoms with Gasteiger partial charge in [0.25, 0.3) is 0 Å². The van der Waals surface area contributed by atoms with Crippen molar-refractivity contribution in [2.75, 3.05) is 100 Å². The van der Waals surface area contributed by atoms with Crippen LogP contribution in [-0.4, -0.2) is 140 Å². The molecule has 0 atom stereocenters. The molecule has 9 rings (SSSR count). The minimum absolute atomic E-state index is 0. The van der Waals surface area contributed by atoms with Crippen LogP contribution in [0.1, 0.15) is 36.1 Å². The minimum atomic E-state index is 0. The maximum Gasteiger partial charge on any atom is 2.00 e. The Hall–Kier alpha value is -0.534. The third-order valence-corrected chi connectivity index (χ3v) is 18.2. The Morgan fingerprint density at radius 2 is 0.691 bits per heavy atom. The van der Waals surface area contributed by atoms with Gasteiger partial charge in [0.2, 0.25) is 0 Å². The molecule has 6 aliphatic heterocycles. The number of nitrogens with zero attached hydrogens (tertiary/aromatic N) is 10. The smallest absolute Gasteiger partial charge is 0.677 e. The van der Waals surface area contributed by atoms with Gasteiger partial charge in [0.1, 0.15) is 0 Å². The Labute approximate surface area is 367 Å². The number of thioether (sulfide) groups is 8. The van der Waals surface area contributed by atoms with Crippen molar-refractivity contribution in [3.63, 3.8) is 0 Å². The van der Waals surface area contributed by atoms with Crippen molar-refractivity contribution in [3.05, 3.63) is 34.8 Å². The zero-order valence-corrected chi connectivity index (χ0v) is 38.5. The summed E-state index contributed by atoms with van der Waals surface area (Å²) in [6, 6.07) is 0. The van der Waals surface area contributed by atoms with Gasteiger partial charge in [-0.2, -0.15) is 0 Å². The topological polar surface area (TPSA) is 160 Å². The first-order valence-electron chi connectivity index (χ1n) is 17.6. The summed E-state index contributed by atoms with van der Waals surface area (Å²) >= 11 is 14.5. The third kappa shape index (κ3) is 10.6. The Bertz CT molecular complexity index is 1800. The molecule has 55 heavy (non-hydrogen) atoms. The zero-order valence-electron chi connectivity index (χ0n) is 31.0. The number of fused-ring (bicyclic) bond motifs is 18. The molecular formula is C34H42CoN12S8-2. The maximum atomic E-state index is 6.77. The molecule has 0 aliphatic carbocycles. The summed E-state index contributed by atoms with van der Waals surface area (Å²) in [6.07, 6.45) is 1.99. The molecule has 0 spiro atoms. The summed E-state index contributed by atoms with van der Waals surface area (Å²) in [4.78, 5) is 53.3. The van der Waals surface area contributed by atoms with E-state index in [0.29, 0.717) is 59.0 Å². The van der Waals surface area contributed by atoms with E-state index in [9.17, 15) is 0 Å². The first-order valence-corrected chi connectivity index (χ1v) is 25.5. The summed E-state index contributed by atoms with van der Waals surface area (Å²) < 4.78 is 0. The molecule has 0 aromatic carbocycles. The molecule has 0 saturated heterocycles. The van der Waals surface area contributed by atoms with E-state index in [-0.39, 0.29) is 16.8 Å². The van der Waals surface area contributed by atoms with Crippen LogP contribution in [-0.2, 0) is 16.8 Å². The molecule has 0 fully saturated rings. The first-order chi connectivity index (χ1) is 26.3. The molecule has 297 valence electrons. The maximum absolute atomic E-state index is 6.77. The Kier molecular flexibility index (Phi) is 16.9. The van der Waals surface area contributed by atoms with E-state index in [1.54, 1.807) is 0 Å². The molecule has 1 radical (unpaired) electrons. The van der Waals surface area contributed by atoms with Gasteiger partial charge in [0, 0.05) is 88.2 Å². The molecule has 3 aromatic heterocycles. The van der Waals surface area contributed by atoms with Gasteiger partial charge in [-0.05, 0) is 41.3 Å². The van der Waals surface area contributed by atoms with E-state index < -0.39 is 0 Å². The van der Waals surface area contributed by atoms with Crippen LogP contribution < -0.4 is 9.97 Å². The number of hydrogen-bond acceptors (Lipinski definition) is 16. The second-order valence-corrected chi connectivity index (χ2v) is 21.6. The van der Waals surface area contributed by atoms with E-state index in [1.807, 2.05) is 122 Å². The van der Waals surface area contributed by atoms with Gasteiger partial charge in [-0.1, -0.05) is 12.8 Å². The predicted molar refractivity (Wildman–Crippen MR) is 241 cm³/mol. The van der Waals surface area contributed by atoms with Gasteiger partial charge in [0.15, 0.2) is 0 Å². The summed E-state index contributed by atoms with van der Waals surface area (Å²) in [6.45, 7) is 3.20.